The molecule has 0 aliphatic carbocycles. The second kappa shape index (κ2) is 4.58. The fourth-order valence-corrected chi connectivity index (χ4v) is 3.62. The van der Waals surface area contributed by atoms with Gasteiger partial charge in [-0.05, 0) is 41.3 Å². The lowest BCUT2D eigenvalue weighted by atomic mass is 9.96. The van der Waals surface area contributed by atoms with Gasteiger partial charge in [0.15, 0.2) is 0 Å². The van der Waals surface area contributed by atoms with Gasteiger partial charge in [0.1, 0.15) is 5.82 Å². The summed E-state index contributed by atoms with van der Waals surface area (Å²) in [7, 11) is 0. The first-order chi connectivity index (χ1) is 10.9. The highest BCUT2D eigenvalue weighted by molar-refractivity contribution is 5.84. The number of nitrogens with one attached hydrogen (secondary N) is 2. The molecular weight excluding hydrogens is 272 g/mol. The molecule has 2 aliphatic rings. The molecule has 0 bridgehead atoms. The Kier molecular flexibility index (Phi) is 2.55. The van der Waals surface area contributed by atoms with E-state index in [4.69, 9.17) is 4.98 Å². The number of aromatic amines is 1. The molecule has 0 radical (unpaired) electrons. The van der Waals surface area contributed by atoms with Gasteiger partial charge in [-0.25, -0.2) is 4.98 Å². The molecule has 0 amide bonds. The maximum atomic E-state index is 4.69. The SMILES string of the molecule is c1cc2cc(-c3ccc(N4CC5CNC5C4)nc3)ccc2[nH]1. The van der Waals surface area contributed by atoms with Gasteiger partial charge in [0, 0.05) is 55.1 Å². The third kappa shape index (κ3) is 1.84. The molecule has 1 aromatic carbocycles. The van der Waals surface area contributed by atoms with E-state index in [1.54, 1.807) is 0 Å². The summed E-state index contributed by atoms with van der Waals surface area (Å²) >= 11 is 0. The van der Waals surface area contributed by atoms with Gasteiger partial charge in [-0.2, -0.15) is 0 Å². The molecule has 2 atom stereocenters. The number of hydrogen-bond donors (Lipinski definition) is 2. The number of hydrogen-bond acceptors (Lipinski definition) is 3. The first-order valence-electron chi connectivity index (χ1n) is 7.89. The molecule has 3 aromatic rings. The third-order valence-corrected chi connectivity index (χ3v) is 5.04. The van der Waals surface area contributed by atoms with Gasteiger partial charge < -0.3 is 15.2 Å². The van der Waals surface area contributed by atoms with Gasteiger partial charge in [0.25, 0.3) is 0 Å². The Bertz CT molecular complexity index is 808. The van der Waals surface area contributed by atoms with Crippen LogP contribution in [0.2, 0.25) is 0 Å². The zero-order valence-corrected chi connectivity index (χ0v) is 12.3. The lowest BCUT2D eigenvalue weighted by molar-refractivity contribution is 0.297. The van der Waals surface area contributed by atoms with Crippen molar-refractivity contribution in [3.8, 4) is 11.1 Å². The largest absolute Gasteiger partial charge is 0.361 e. The summed E-state index contributed by atoms with van der Waals surface area (Å²) in [6.07, 6.45) is 3.97. The van der Waals surface area contributed by atoms with Gasteiger partial charge in [-0.15, -0.1) is 0 Å². The number of nitrogens with zero attached hydrogens (tertiary/aromatic N) is 2. The zero-order chi connectivity index (χ0) is 14.5. The Balaban J connectivity index is 1.43. The molecule has 4 heterocycles. The Morgan fingerprint density at radius 3 is 2.73 bits per heavy atom. The molecule has 4 nitrogen and oxygen atoms in total. The van der Waals surface area contributed by atoms with Crippen molar-refractivity contribution < 1.29 is 0 Å². The second-order valence-corrected chi connectivity index (χ2v) is 6.36. The smallest absolute Gasteiger partial charge is 0.128 e. The van der Waals surface area contributed by atoms with Crippen LogP contribution in [0.25, 0.3) is 22.0 Å². The van der Waals surface area contributed by atoms with E-state index in [0.717, 1.165) is 31.4 Å². The third-order valence-electron chi connectivity index (χ3n) is 5.04. The van der Waals surface area contributed by atoms with Crippen molar-refractivity contribution >= 4 is 16.7 Å². The van der Waals surface area contributed by atoms with Crippen LogP contribution < -0.4 is 10.2 Å². The van der Waals surface area contributed by atoms with Crippen molar-refractivity contribution in [1.82, 2.24) is 15.3 Å². The van der Waals surface area contributed by atoms with Gasteiger partial charge in [-0.1, -0.05) is 6.07 Å². The Labute approximate surface area is 129 Å². The highest BCUT2D eigenvalue weighted by atomic mass is 15.3. The first-order valence-corrected chi connectivity index (χ1v) is 7.89. The number of aromatic nitrogens is 2. The van der Waals surface area contributed by atoms with Crippen LogP contribution in [0.4, 0.5) is 5.82 Å². The summed E-state index contributed by atoms with van der Waals surface area (Å²) in [5.41, 5.74) is 3.56. The Morgan fingerprint density at radius 2 is 2.00 bits per heavy atom. The summed E-state index contributed by atoms with van der Waals surface area (Å²) in [5.74, 6) is 1.92. The summed E-state index contributed by atoms with van der Waals surface area (Å²) in [5, 5.41) is 4.73. The normalized spacial score (nSPS) is 23.5. The van der Waals surface area contributed by atoms with E-state index in [2.05, 4.69) is 51.6 Å². The maximum Gasteiger partial charge on any atom is 0.128 e. The fourth-order valence-electron chi connectivity index (χ4n) is 3.62. The molecule has 110 valence electrons. The van der Waals surface area contributed by atoms with Crippen LogP contribution in [0.3, 0.4) is 0 Å². The fraction of sp³-hybridized carbons (Fsp3) is 0.278. The van der Waals surface area contributed by atoms with E-state index in [-0.39, 0.29) is 0 Å². The van der Waals surface area contributed by atoms with Crippen molar-refractivity contribution in [3.05, 3.63) is 48.8 Å². The highest BCUT2D eigenvalue weighted by Gasteiger charge is 2.39. The van der Waals surface area contributed by atoms with Gasteiger partial charge in [0.05, 0.1) is 0 Å². The quantitative estimate of drug-likeness (QED) is 0.762. The number of anilines is 1. The number of rotatable bonds is 2. The molecule has 2 aromatic heterocycles. The molecular formula is C18H18N4. The number of H-pyrrole nitrogens is 1. The van der Waals surface area contributed by atoms with Crippen molar-refractivity contribution in [2.24, 2.45) is 5.92 Å². The van der Waals surface area contributed by atoms with Crippen LogP contribution in [0.1, 0.15) is 0 Å². The molecule has 2 aliphatic heterocycles. The summed E-state index contributed by atoms with van der Waals surface area (Å²) in [6.45, 7) is 3.39. The van der Waals surface area contributed by atoms with E-state index < -0.39 is 0 Å². The Hall–Kier alpha value is -2.33. The number of fused-ring (bicyclic) bond motifs is 2. The summed E-state index contributed by atoms with van der Waals surface area (Å²) < 4.78 is 0. The van der Waals surface area contributed by atoms with Crippen LogP contribution in [-0.2, 0) is 0 Å². The molecule has 5 rings (SSSR count). The molecule has 0 spiro atoms. The first kappa shape index (κ1) is 12.2. The monoisotopic (exact) mass is 290 g/mol. The van der Waals surface area contributed by atoms with E-state index >= 15 is 0 Å². The molecule has 2 unspecified atom stereocenters. The predicted octanol–water partition coefficient (Wildman–Crippen LogP) is 2.64. The minimum absolute atomic E-state index is 0.678. The van der Waals surface area contributed by atoms with Gasteiger partial charge in [-0.3, -0.25) is 0 Å². The summed E-state index contributed by atoms with van der Waals surface area (Å²) in [6, 6.07) is 13.6. The minimum Gasteiger partial charge on any atom is -0.361 e. The average Bonchev–Trinajstić information content (AvgIpc) is 3.12. The molecule has 22 heavy (non-hydrogen) atoms. The summed E-state index contributed by atoms with van der Waals surface area (Å²) in [4.78, 5) is 10.3. The van der Waals surface area contributed by atoms with Crippen LogP contribution in [0.5, 0.6) is 0 Å². The maximum absolute atomic E-state index is 4.69. The van der Waals surface area contributed by atoms with E-state index in [0.29, 0.717) is 6.04 Å². The number of benzene rings is 1. The molecule has 4 heteroatoms. The highest BCUT2D eigenvalue weighted by Crippen LogP contribution is 2.29. The van der Waals surface area contributed by atoms with Crippen molar-refractivity contribution in [2.75, 3.05) is 24.5 Å². The van der Waals surface area contributed by atoms with E-state index in [1.807, 2.05) is 12.4 Å². The molecule has 2 N–H and O–H groups in total. The van der Waals surface area contributed by atoms with Crippen LogP contribution in [-0.4, -0.2) is 35.6 Å². The number of pyridine rings is 1. The van der Waals surface area contributed by atoms with Gasteiger partial charge >= 0.3 is 0 Å². The van der Waals surface area contributed by atoms with E-state index in [1.165, 1.54) is 22.0 Å². The van der Waals surface area contributed by atoms with Crippen LogP contribution in [0, 0.1) is 5.92 Å². The average molecular weight is 290 g/mol. The van der Waals surface area contributed by atoms with Crippen LogP contribution in [0.15, 0.2) is 48.8 Å². The van der Waals surface area contributed by atoms with Crippen LogP contribution >= 0.6 is 0 Å². The van der Waals surface area contributed by atoms with Crippen molar-refractivity contribution in [1.29, 1.82) is 0 Å². The molecule has 2 saturated heterocycles. The zero-order valence-electron chi connectivity index (χ0n) is 12.3. The van der Waals surface area contributed by atoms with Crippen molar-refractivity contribution in [3.63, 3.8) is 0 Å². The minimum atomic E-state index is 0.678. The molecule has 2 fully saturated rings. The Morgan fingerprint density at radius 1 is 1.05 bits per heavy atom. The lowest BCUT2D eigenvalue weighted by Gasteiger charge is -2.29. The topological polar surface area (TPSA) is 44.0 Å². The second-order valence-electron chi connectivity index (χ2n) is 6.36. The van der Waals surface area contributed by atoms with Crippen molar-refractivity contribution in [2.45, 2.75) is 6.04 Å². The predicted molar refractivity (Wildman–Crippen MR) is 89.0 cm³/mol. The lowest BCUT2D eigenvalue weighted by Crippen LogP contribution is -2.51. The molecule has 0 saturated carbocycles. The van der Waals surface area contributed by atoms with E-state index in [9.17, 15) is 0 Å². The van der Waals surface area contributed by atoms with Gasteiger partial charge in [0.2, 0.25) is 0 Å². The standard InChI is InChI=1S/C18H18N4/c1-3-16-13(5-6-19-16)7-12(1)14-2-4-18(21-8-14)22-10-15-9-20-17(15)11-22/h1-8,15,17,19-20H,9-11H2.